The van der Waals surface area contributed by atoms with E-state index in [2.05, 4.69) is 5.32 Å². The summed E-state index contributed by atoms with van der Waals surface area (Å²) in [6.45, 7) is 3.03. The monoisotopic (exact) mass is 171 g/mol. The fourth-order valence-electron chi connectivity index (χ4n) is 1.15. The summed E-state index contributed by atoms with van der Waals surface area (Å²) in [6, 6.07) is 0. The molecule has 0 aromatic heterocycles. The molecular weight excluding hydrogens is 150 g/mol. The zero-order valence-electron chi connectivity index (χ0n) is 8.36. The predicted molar refractivity (Wildman–Crippen MR) is 52.3 cm³/mol. The molecule has 0 amide bonds. The molecule has 0 heterocycles. The van der Waals surface area contributed by atoms with Crippen molar-refractivity contribution in [2.45, 2.75) is 45.4 Å². The van der Waals surface area contributed by atoms with E-state index in [9.17, 15) is 4.79 Å². The van der Waals surface area contributed by atoms with E-state index in [1.165, 1.54) is 19.3 Å². The maximum Gasteiger partial charge on any atom is 0.132 e. The molecular formula is C10H21NO. The molecule has 0 aliphatic carbocycles. The van der Waals surface area contributed by atoms with E-state index >= 15 is 0 Å². The second kappa shape index (κ2) is 8.72. The molecule has 72 valence electrons. The van der Waals surface area contributed by atoms with Crippen molar-refractivity contribution in [2.75, 3.05) is 13.6 Å². The summed E-state index contributed by atoms with van der Waals surface area (Å²) in [5.41, 5.74) is 0. The van der Waals surface area contributed by atoms with Crippen molar-refractivity contribution in [3.63, 3.8) is 0 Å². The second-order valence-electron chi connectivity index (χ2n) is 3.16. The highest BCUT2D eigenvalue weighted by Crippen LogP contribution is 2.03. The summed E-state index contributed by atoms with van der Waals surface area (Å²) in [7, 11) is 1.97. The molecule has 0 saturated heterocycles. The number of carbonyl (C=O) groups is 1. The minimum atomic E-state index is 0.406. The van der Waals surface area contributed by atoms with Gasteiger partial charge in [-0.1, -0.05) is 19.8 Å². The highest BCUT2D eigenvalue weighted by molar-refractivity contribution is 5.77. The van der Waals surface area contributed by atoms with E-state index < -0.39 is 0 Å². The van der Waals surface area contributed by atoms with Crippen LogP contribution in [-0.2, 0) is 4.79 Å². The van der Waals surface area contributed by atoms with E-state index in [1.807, 2.05) is 14.0 Å². The highest BCUT2D eigenvalue weighted by Gasteiger charge is 1.96. The number of nitrogens with one attached hydrogen (secondary N) is 1. The van der Waals surface area contributed by atoms with Gasteiger partial charge in [-0.25, -0.2) is 0 Å². The summed E-state index contributed by atoms with van der Waals surface area (Å²) in [4.78, 5) is 10.9. The average molecular weight is 171 g/mol. The van der Waals surface area contributed by atoms with Crippen LogP contribution in [-0.4, -0.2) is 19.4 Å². The Kier molecular flexibility index (Phi) is 8.46. The van der Waals surface area contributed by atoms with Gasteiger partial charge in [0.25, 0.3) is 0 Å². The zero-order valence-corrected chi connectivity index (χ0v) is 8.36. The SMILES string of the molecule is CCC(=O)CCCCCCNC. The lowest BCUT2D eigenvalue weighted by Gasteiger charge is -1.99. The van der Waals surface area contributed by atoms with Gasteiger partial charge >= 0.3 is 0 Å². The fraction of sp³-hybridized carbons (Fsp3) is 0.900. The first kappa shape index (κ1) is 11.6. The Morgan fingerprint density at radius 1 is 1.17 bits per heavy atom. The van der Waals surface area contributed by atoms with Crippen molar-refractivity contribution in [3.8, 4) is 0 Å². The van der Waals surface area contributed by atoms with E-state index in [0.29, 0.717) is 12.2 Å². The molecule has 0 radical (unpaired) electrons. The summed E-state index contributed by atoms with van der Waals surface area (Å²) < 4.78 is 0. The number of unbranched alkanes of at least 4 members (excludes halogenated alkanes) is 3. The van der Waals surface area contributed by atoms with Crippen LogP contribution in [0.25, 0.3) is 0 Å². The molecule has 0 aliphatic heterocycles. The van der Waals surface area contributed by atoms with Gasteiger partial charge in [0.2, 0.25) is 0 Å². The minimum Gasteiger partial charge on any atom is -0.320 e. The lowest BCUT2D eigenvalue weighted by molar-refractivity contribution is -0.118. The second-order valence-corrected chi connectivity index (χ2v) is 3.16. The molecule has 2 heteroatoms. The Balaban J connectivity index is 2.95. The summed E-state index contributed by atoms with van der Waals surface area (Å²) in [5.74, 6) is 0.406. The van der Waals surface area contributed by atoms with Gasteiger partial charge in [-0.2, -0.15) is 0 Å². The number of Topliss-reactive ketones (excluding diaryl/α,β-unsaturated/α-hetero) is 1. The van der Waals surface area contributed by atoms with Gasteiger partial charge in [-0.15, -0.1) is 0 Å². The fourth-order valence-corrected chi connectivity index (χ4v) is 1.15. The van der Waals surface area contributed by atoms with Gasteiger partial charge in [0.1, 0.15) is 5.78 Å². The first-order chi connectivity index (χ1) is 5.81. The standard InChI is InChI=1S/C10H21NO/c1-3-10(12)8-6-4-5-7-9-11-2/h11H,3-9H2,1-2H3. The van der Waals surface area contributed by atoms with Gasteiger partial charge < -0.3 is 5.32 Å². The van der Waals surface area contributed by atoms with Gasteiger partial charge in [-0.3, -0.25) is 4.79 Å². The molecule has 0 atom stereocenters. The molecule has 2 nitrogen and oxygen atoms in total. The van der Waals surface area contributed by atoms with Crippen LogP contribution in [0.2, 0.25) is 0 Å². The maximum atomic E-state index is 10.9. The van der Waals surface area contributed by atoms with Crippen LogP contribution in [0.15, 0.2) is 0 Å². The molecule has 0 aromatic rings. The Labute approximate surface area is 75.7 Å². The van der Waals surface area contributed by atoms with Crippen LogP contribution in [0.4, 0.5) is 0 Å². The smallest absolute Gasteiger partial charge is 0.132 e. The first-order valence-electron chi connectivity index (χ1n) is 4.97. The molecule has 0 bridgehead atoms. The van der Waals surface area contributed by atoms with E-state index in [-0.39, 0.29) is 0 Å². The third kappa shape index (κ3) is 7.73. The molecule has 0 unspecified atom stereocenters. The number of rotatable bonds is 8. The van der Waals surface area contributed by atoms with Crippen molar-refractivity contribution in [3.05, 3.63) is 0 Å². The van der Waals surface area contributed by atoms with Crippen LogP contribution < -0.4 is 5.32 Å². The summed E-state index contributed by atoms with van der Waals surface area (Å²) in [6.07, 6.45) is 6.25. The van der Waals surface area contributed by atoms with Crippen LogP contribution in [0.3, 0.4) is 0 Å². The molecule has 0 spiro atoms. The average Bonchev–Trinajstić information content (AvgIpc) is 2.10. The summed E-state index contributed by atoms with van der Waals surface area (Å²) >= 11 is 0. The van der Waals surface area contributed by atoms with Crippen LogP contribution >= 0.6 is 0 Å². The molecule has 0 aliphatic rings. The highest BCUT2D eigenvalue weighted by atomic mass is 16.1. The van der Waals surface area contributed by atoms with Crippen LogP contribution in [0.5, 0.6) is 0 Å². The lowest BCUT2D eigenvalue weighted by Crippen LogP contribution is -2.07. The number of hydrogen-bond acceptors (Lipinski definition) is 2. The van der Waals surface area contributed by atoms with Crippen molar-refractivity contribution in [1.29, 1.82) is 0 Å². The number of ketones is 1. The molecule has 0 aromatic carbocycles. The Morgan fingerprint density at radius 2 is 1.83 bits per heavy atom. The molecule has 0 fully saturated rings. The third-order valence-corrected chi connectivity index (χ3v) is 2.03. The van der Waals surface area contributed by atoms with Crippen LogP contribution in [0, 0.1) is 0 Å². The third-order valence-electron chi connectivity index (χ3n) is 2.03. The zero-order chi connectivity index (χ0) is 9.23. The van der Waals surface area contributed by atoms with Crippen molar-refractivity contribution in [1.82, 2.24) is 5.32 Å². The Bertz CT molecular complexity index is 112. The minimum absolute atomic E-state index is 0.406. The molecule has 1 N–H and O–H groups in total. The lowest BCUT2D eigenvalue weighted by atomic mass is 10.1. The quantitative estimate of drug-likeness (QED) is 0.567. The van der Waals surface area contributed by atoms with Gasteiger partial charge in [-0.05, 0) is 26.4 Å². The van der Waals surface area contributed by atoms with E-state index in [4.69, 9.17) is 0 Å². The maximum absolute atomic E-state index is 10.9. The number of hydrogen-bond donors (Lipinski definition) is 1. The summed E-state index contributed by atoms with van der Waals surface area (Å²) in [5, 5.41) is 3.11. The normalized spacial score (nSPS) is 10.2. The van der Waals surface area contributed by atoms with Gasteiger partial charge in [0.15, 0.2) is 0 Å². The first-order valence-corrected chi connectivity index (χ1v) is 4.97. The Morgan fingerprint density at radius 3 is 2.42 bits per heavy atom. The molecule has 0 saturated carbocycles. The Hall–Kier alpha value is -0.370. The topological polar surface area (TPSA) is 29.1 Å². The largest absolute Gasteiger partial charge is 0.320 e. The van der Waals surface area contributed by atoms with Crippen LogP contribution in [0.1, 0.15) is 45.4 Å². The van der Waals surface area contributed by atoms with Crippen molar-refractivity contribution >= 4 is 5.78 Å². The van der Waals surface area contributed by atoms with E-state index in [0.717, 1.165) is 19.4 Å². The number of carbonyl (C=O) groups excluding carboxylic acids is 1. The van der Waals surface area contributed by atoms with Crippen molar-refractivity contribution < 1.29 is 4.79 Å². The predicted octanol–water partition coefficient (Wildman–Crippen LogP) is 2.14. The van der Waals surface area contributed by atoms with Gasteiger partial charge in [0, 0.05) is 12.8 Å². The molecule has 0 rings (SSSR count). The molecule has 12 heavy (non-hydrogen) atoms. The van der Waals surface area contributed by atoms with Crippen molar-refractivity contribution in [2.24, 2.45) is 0 Å². The van der Waals surface area contributed by atoms with Gasteiger partial charge in [0.05, 0.1) is 0 Å². The van der Waals surface area contributed by atoms with E-state index in [1.54, 1.807) is 0 Å².